The Labute approximate surface area is 125 Å². The molecule has 2 fully saturated rings. The Balaban J connectivity index is 1.88. The van der Waals surface area contributed by atoms with Gasteiger partial charge in [-0.2, -0.15) is 0 Å². The first kappa shape index (κ1) is 16.3. The van der Waals surface area contributed by atoms with E-state index in [2.05, 4.69) is 24.1 Å². The van der Waals surface area contributed by atoms with E-state index in [1.165, 1.54) is 45.1 Å². The summed E-state index contributed by atoms with van der Waals surface area (Å²) in [6, 6.07) is 1.39. The molecule has 1 aliphatic carbocycles. The molecule has 0 aromatic heterocycles. The van der Waals surface area contributed by atoms with E-state index >= 15 is 0 Å². The third-order valence-electron chi connectivity index (χ3n) is 5.05. The largest absolute Gasteiger partial charge is 0.383 e. The normalized spacial score (nSPS) is 26.7. The molecule has 1 heterocycles. The van der Waals surface area contributed by atoms with Crippen LogP contribution in [-0.2, 0) is 4.74 Å². The van der Waals surface area contributed by atoms with Crippen molar-refractivity contribution in [3.63, 3.8) is 0 Å². The van der Waals surface area contributed by atoms with Gasteiger partial charge in [-0.15, -0.1) is 0 Å². The summed E-state index contributed by atoms with van der Waals surface area (Å²) in [6.45, 7) is 8.88. The van der Waals surface area contributed by atoms with Crippen LogP contribution in [0.25, 0.3) is 0 Å². The van der Waals surface area contributed by atoms with Crippen molar-refractivity contribution < 1.29 is 4.74 Å². The molecule has 2 aliphatic rings. The summed E-state index contributed by atoms with van der Waals surface area (Å²) in [7, 11) is 1.84. The number of nitrogens with one attached hydrogen (secondary N) is 1. The third kappa shape index (κ3) is 4.44. The smallest absolute Gasteiger partial charge is 0.0630 e. The van der Waals surface area contributed by atoms with Gasteiger partial charge in [-0.1, -0.05) is 26.7 Å². The molecule has 2 rings (SSSR count). The SMILES string of the molecule is COCC(CNCC(C)C)N1CCCC1C1CCCC1. The molecule has 0 bridgehead atoms. The lowest BCUT2D eigenvalue weighted by atomic mass is 9.95. The lowest BCUT2D eigenvalue weighted by Crippen LogP contribution is -2.49. The van der Waals surface area contributed by atoms with Crippen LogP contribution in [0.2, 0.25) is 0 Å². The van der Waals surface area contributed by atoms with E-state index in [0.29, 0.717) is 6.04 Å². The number of nitrogens with zero attached hydrogens (tertiary/aromatic N) is 1. The zero-order valence-corrected chi connectivity index (χ0v) is 13.7. The first-order valence-corrected chi connectivity index (χ1v) is 8.67. The fourth-order valence-electron chi connectivity index (χ4n) is 4.12. The molecule has 1 N–H and O–H groups in total. The molecule has 0 aromatic rings. The van der Waals surface area contributed by atoms with E-state index in [0.717, 1.165) is 37.6 Å². The van der Waals surface area contributed by atoms with Gasteiger partial charge in [0.05, 0.1) is 6.61 Å². The Bertz CT molecular complexity index is 264. The molecule has 3 heteroatoms. The topological polar surface area (TPSA) is 24.5 Å². The zero-order valence-electron chi connectivity index (χ0n) is 13.7. The average Bonchev–Trinajstić information content (AvgIpc) is 3.08. The van der Waals surface area contributed by atoms with Crippen LogP contribution < -0.4 is 5.32 Å². The highest BCUT2D eigenvalue weighted by Gasteiger charge is 2.36. The molecule has 118 valence electrons. The molecule has 3 nitrogen and oxygen atoms in total. The van der Waals surface area contributed by atoms with Crippen molar-refractivity contribution in [1.82, 2.24) is 10.2 Å². The highest BCUT2D eigenvalue weighted by Crippen LogP contribution is 2.36. The quantitative estimate of drug-likeness (QED) is 0.741. The Morgan fingerprint density at radius 3 is 2.50 bits per heavy atom. The van der Waals surface area contributed by atoms with Gasteiger partial charge in [0, 0.05) is 25.7 Å². The summed E-state index contributed by atoms with van der Waals surface area (Å²) in [5.41, 5.74) is 0. The van der Waals surface area contributed by atoms with Gasteiger partial charge in [0.15, 0.2) is 0 Å². The lowest BCUT2D eigenvalue weighted by Gasteiger charge is -2.36. The van der Waals surface area contributed by atoms with Gasteiger partial charge in [0.2, 0.25) is 0 Å². The Morgan fingerprint density at radius 1 is 1.10 bits per heavy atom. The maximum atomic E-state index is 5.50. The van der Waals surface area contributed by atoms with Gasteiger partial charge < -0.3 is 10.1 Å². The fraction of sp³-hybridized carbons (Fsp3) is 1.00. The summed E-state index contributed by atoms with van der Waals surface area (Å²) in [4.78, 5) is 2.77. The summed E-state index contributed by atoms with van der Waals surface area (Å²) in [6.07, 6.45) is 8.62. The zero-order chi connectivity index (χ0) is 14.4. The molecule has 2 atom stereocenters. The fourth-order valence-corrected chi connectivity index (χ4v) is 4.12. The average molecular weight is 282 g/mol. The molecule has 1 saturated carbocycles. The number of hydrogen-bond acceptors (Lipinski definition) is 3. The summed E-state index contributed by atoms with van der Waals surface area (Å²) in [5.74, 6) is 1.68. The van der Waals surface area contributed by atoms with Crippen LogP contribution in [0.15, 0.2) is 0 Å². The van der Waals surface area contributed by atoms with Crippen molar-refractivity contribution in [2.45, 2.75) is 64.5 Å². The number of methoxy groups -OCH3 is 1. The minimum absolute atomic E-state index is 0.562. The second kappa shape index (κ2) is 8.35. The van der Waals surface area contributed by atoms with Gasteiger partial charge in [-0.25, -0.2) is 0 Å². The lowest BCUT2D eigenvalue weighted by molar-refractivity contribution is 0.0636. The first-order valence-electron chi connectivity index (χ1n) is 8.67. The predicted octanol–water partition coefficient (Wildman–Crippen LogP) is 2.90. The molecule has 20 heavy (non-hydrogen) atoms. The van der Waals surface area contributed by atoms with Gasteiger partial charge >= 0.3 is 0 Å². The maximum absolute atomic E-state index is 5.50. The third-order valence-corrected chi connectivity index (χ3v) is 5.05. The maximum Gasteiger partial charge on any atom is 0.0630 e. The minimum atomic E-state index is 0.562. The van der Waals surface area contributed by atoms with Gasteiger partial charge in [-0.05, 0) is 50.6 Å². The molecule has 0 radical (unpaired) electrons. The summed E-state index contributed by atoms with van der Waals surface area (Å²) in [5, 5.41) is 3.64. The van der Waals surface area contributed by atoms with Crippen molar-refractivity contribution in [2.75, 3.05) is 33.4 Å². The molecular formula is C17H34N2O. The Morgan fingerprint density at radius 2 is 1.85 bits per heavy atom. The molecule has 0 amide bonds. The Kier molecular flexibility index (Phi) is 6.79. The molecule has 1 saturated heterocycles. The minimum Gasteiger partial charge on any atom is -0.383 e. The summed E-state index contributed by atoms with van der Waals surface area (Å²) < 4.78 is 5.50. The van der Waals surface area contributed by atoms with Crippen molar-refractivity contribution >= 4 is 0 Å². The number of likely N-dealkylation sites (tertiary alicyclic amines) is 1. The van der Waals surface area contributed by atoms with E-state index in [1.807, 2.05) is 7.11 Å². The van der Waals surface area contributed by atoms with Crippen LogP contribution >= 0.6 is 0 Å². The molecule has 2 unspecified atom stereocenters. The van der Waals surface area contributed by atoms with Crippen LogP contribution in [0.1, 0.15) is 52.4 Å². The van der Waals surface area contributed by atoms with Gasteiger partial charge in [0.1, 0.15) is 0 Å². The van der Waals surface area contributed by atoms with Crippen LogP contribution in [0.4, 0.5) is 0 Å². The van der Waals surface area contributed by atoms with Crippen molar-refractivity contribution in [3.05, 3.63) is 0 Å². The van der Waals surface area contributed by atoms with E-state index in [9.17, 15) is 0 Å². The van der Waals surface area contributed by atoms with Crippen molar-refractivity contribution in [3.8, 4) is 0 Å². The first-order chi connectivity index (χ1) is 9.72. The molecule has 0 spiro atoms. The van der Waals surface area contributed by atoms with Crippen LogP contribution in [0.3, 0.4) is 0 Å². The highest BCUT2D eigenvalue weighted by molar-refractivity contribution is 4.91. The van der Waals surface area contributed by atoms with E-state index in [-0.39, 0.29) is 0 Å². The number of ether oxygens (including phenoxy) is 1. The Hall–Kier alpha value is -0.120. The van der Waals surface area contributed by atoms with Crippen LogP contribution in [0, 0.1) is 11.8 Å². The second-order valence-electron chi connectivity index (χ2n) is 7.15. The molecule has 1 aliphatic heterocycles. The van der Waals surface area contributed by atoms with Crippen LogP contribution in [-0.4, -0.2) is 50.3 Å². The van der Waals surface area contributed by atoms with Gasteiger partial charge in [-0.3, -0.25) is 4.90 Å². The van der Waals surface area contributed by atoms with Crippen molar-refractivity contribution in [2.24, 2.45) is 11.8 Å². The summed E-state index contributed by atoms with van der Waals surface area (Å²) >= 11 is 0. The van der Waals surface area contributed by atoms with Crippen molar-refractivity contribution in [1.29, 1.82) is 0 Å². The van der Waals surface area contributed by atoms with E-state index < -0.39 is 0 Å². The molecule has 0 aromatic carbocycles. The predicted molar refractivity (Wildman–Crippen MR) is 85.1 cm³/mol. The van der Waals surface area contributed by atoms with E-state index in [1.54, 1.807) is 0 Å². The van der Waals surface area contributed by atoms with Gasteiger partial charge in [0.25, 0.3) is 0 Å². The highest BCUT2D eigenvalue weighted by atomic mass is 16.5. The molecular weight excluding hydrogens is 248 g/mol. The standard InChI is InChI=1S/C17H34N2O/c1-14(2)11-18-12-16(13-20-3)19-10-6-9-17(19)15-7-4-5-8-15/h14-18H,4-13H2,1-3H3. The number of hydrogen-bond donors (Lipinski definition) is 1. The van der Waals surface area contributed by atoms with E-state index in [4.69, 9.17) is 4.74 Å². The monoisotopic (exact) mass is 282 g/mol. The second-order valence-corrected chi connectivity index (χ2v) is 7.15. The number of rotatable bonds is 8. The van der Waals surface area contributed by atoms with Crippen LogP contribution in [0.5, 0.6) is 0 Å².